The molecule has 0 aromatic rings. The fourth-order valence-electron chi connectivity index (χ4n) is 0.654. The summed E-state index contributed by atoms with van der Waals surface area (Å²) in [5.74, 6) is -1.46. The van der Waals surface area contributed by atoms with E-state index in [1.54, 1.807) is 0 Å². The van der Waals surface area contributed by atoms with Crippen molar-refractivity contribution in [3.8, 4) is 0 Å². The van der Waals surface area contributed by atoms with Gasteiger partial charge in [0.15, 0.2) is 0 Å². The molecule has 0 aliphatic heterocycles. The molecule has 5 nitrogen and oxygen atoms in total. The second kappa shape index (κ2) is 5.31. The fourth-order valence-corrected chi connectivity index (χ4v) is 0.654. The third kappa shape index (κ3) is 3.71. The first-order valence-corrected chi connectivity index (χ1v) is 3.58. The van der Waals surface area contributed by atoms with Crippen LogP contribution in [0.4, 0.5) is 0 Å². The van der Waals surface area contributed by atoms with Crippen LogP contribution >= 0.6 is 0 Å². The number of carbonyl (C=O) groups excluding carboxylic acids is 2. The highest BCUT2D eigenvalue weighted by atomic mass is 16.5. The molecule has 74 valence electrons. The molecule has 1 atom stereocenters. The van der Waals surface area contributed by atoms with E-state index in [1.165, 1.54) is 14.0 Å². The molecule has 0 aromatic heterocycles. The van der Waals surface area contributed by atoms with E-state index in [1.807, 2.05) is 0 Å². The first-order valence-electron chi connectivity index (χ1n) is 3.58. The second-order valence-corrected chi connectivity index (χ2v) is 2.29. The molecular formula is C8H12O5. The van der Waals surface area contributed by atoms with Crippen molar-refractivity contribution in [1.82, 2.24) is 0 Å². The summed E-state index contributed by atoms with van der Waals surface area (Å²) >= 11 is 0. The van der Waals surface area contributed by atoms with Gasteiger partial charge in [0.2, 0.25) is 0 Å². The Morgan fingerprint density at radius 3 is 2.15 bits per heavy atom. The Kier molecular flexibility index (Phi) is 4.76. The molecule has 0 aliphatic rings. The van der Waals surface area contributed by atoms with Gasteiger partial charge in [0.25, 0.3) is 0 Å². The summed E-state index contributed by atoms with van der Waals surface area (Å²) < 4.78 is 8.64. The standard InChI is InChI=1S/C8H12O5/c1-5(9)6(8(11)13-3)4-7(10)12-2/h4-5,9H,1-3H3/b6-4+. The van der Waals surface area contributed by atoms with Crippen LogP contribution in [0.5, 0.6) is 0 Å². The van der Waals surface area contributed by atoms with Crippen LogP contribution in [-0.4, -0.2) is 37.4 Å². The minimum atomic E-state index is -1.06. The highest BCUT2D eigenvalue weighted by molar-refractivity contribution is 5.96. The molecule has 1 unspecified atom stereocenters. The van der Waals surface area contributed by atoms with E-state index in [-0.39, 0.29) is 5.57 Å². The van der Waals surface area contributed by atoms with Gasteiger partial charge in [-0.3, -0.25) is 0 Å². The average Bonchev–Trinajstić information content (AvgIpc) is 2.11. The zero-order valence-electron chi connectivity index (χ0n) is 7.73. The summed E-state index contributed by atoms with van der Waals surface area (Å²) in [4.78, 5) is 21.7. The number of esters is 2. The Hall–Kier alpha value is -1.36. The van der Waals surface area contributed by atoms with Gasteiger partial charge in [0.05, 0.1) is 25.9 Å². The molecule has 5 heteroatoms. The topological polar surface area (TPSA) is 72.8 Å². The molecule has 0 saturated heterocycles. The summed E-state index contributed by atoms with van der Waals surface area (Å²) in [5.41, 5.74) is -0.130. The summed E-state index contributed by atoms with van der Waals surface area (Å²) in [6, 6.07) is 0. The molecule has 0 bridgehead atoms. The van der Waals surface area contributed by atoms with Gasteiger partial charge in [-0.2, -0.15) is 0 Å². The van der Waals surface area contributed by atoms with Crippen molar-refractivity contribution in [1.29, 1.82) is 0 Å². The van der Waals surface area contributed by atoms with Crippen molar-refractivity contribution < 1.29 is 24.2 Å². The van der Waals surface area contributed by atoms with Gasteiger partial charge >= 0.3 is 11.9 Å². The van der Waals surface area contributed by atoms with Crippen LogP contribution < -0.4 is 0 Å². The highest BCUT2D eigenvalue weighted by Gasteiger charge is 2.16. The lowest BCUT2D eigenvalue weighted by Gasteiger charge is -2.06. The van der Waals surface area contributed by atoms with E-state index in [0.29, 0.717) is 0 Å². The number of aliphatic hydroxyl groups is 1. The lowest BCUT2D eigenvalue weighted by molar-refractivity contribution is -0.139. The molecule has 0 rings (SSSR count). The van der Waals surface area contributed by atoms with Gasteiger partial charge < -0.3 is 14.6 Å². The number of hydrogen-bond acceptors (Lipinski definition) is 5. The molecule has 0 saturated carbocycles. The number of aliphatic hydroxyl groups excluding tert-OH is 1. The van der Waals surface area contributed by atoms with Gasteiger partial charge in [-0.25, -0.2) is 9.59 Å². The largest absolute Gasteiger partial charge is 0.466 e. The number of hydrogen-bond donors (Lipinski definition) is 1. The number of carbonyl (C=O) groups is 2. The van der Waals surface area contributed by atoms with Crippen molar-refractivity contribution in [3.05, 3.63) is 11.6 Å². The van der Waals surface area contributed by atoms with E-state index >= 15 is 0 Å². The van der Waals surface area contributed by atoms with E-state index in [2.05, 4.69) is 9.47 Å². The zero-order chi connectivity index (χ0) is 10.4. The van der Waals surface area contributed by atoms with Crippen molar-refractivity contribution >= 4 is 11.9 Å². The maximum atomic E-state index is 10.9. The molecule has 13 heavy (non-hydrogen) atoms. The van der Waals surface area contributed by atoms with Crippen LogP contribution in [-0.2, 0) is 19.1 Å². The molecule has 0 amide bonds. The molecule has 0 aromatic carbocycles. The average molecular weight is 188 g/mol. The Bertz CT molecular complexity index is 229. The molecule has 0 heterocycles. The SMILES string of the molecule is COC(=O)/C=C(/C(=O)OC)C(C)O. The van der Waals surface area contributed by atoms with Crippen molar-refractivity contribution in [3.63, 3.8) is 0 Å². The highest BCUT2D eigenvalue weighted by Crippen LogP contribution is 2.04. The third-order valence-corrected chi connectivity index (χ3v) is 1.35. The zero-order valence-corrected chi connectivity index (χ0v) is 7.73. The van der Waals surface area contributed by atoms with E-state index in [4.69, 9.17) is 5.11 Å². The van der Waals surface area contributed by atoms with E-state index in [0.717, 1.165) is 13.2 Å². The quantitative estimate of drug-likeness (QED) is 0.483. The molecular weight excluding hydrogens is 176 g/mol. The van der Waals surface area contributed by atoms with Crippen molar-refractivity contribution in [2.24, 2.45) is 0 Å². The molecule has 0 spiro atoms. The predicted octanol–water partition coefficient (Wildman–Crippen LogP) is -0.360. The number of rotatable bonds is 3. The fraction of sp³-hybridized carbons (Fsp3) is 0.500. The van der Waals surface area contributed by atoms with Crippen LogP contribution in [0, 0.1) is 0 Å². The first kappa shape index (κ1) is 11.6. The second-order valence-electron chi connectivity index (χ2n) is 2.29. The maximum Gasteiger partial charge on any atom is 0.336 e. The Balaban J connectivity index is 4.70. The summed E-state index contributed by atoms with van der Waals surface area (Å²) in [6.45, 7) is 1.35. The van der Waals surface area contributed by atoms with Crippen molar-refractivity contribution in [2.75, 3.05) is 14.2 Å². The summed E-state index contributed by atoms with van der Waals surface area (Å²) in [6.07, 6.45) is -0.164. The van der Waals surface area contributed by atoms with Gasteiger partial charge in [0.1, 0.15) is 0 Å². The molecule has 1 N–H and O–H groups in total. The van der Waals surface area contributed by atoms with Gasteiger partial charge in [-0.1, -0.05) is 0 Å². The predicted molar refractivity (Wildman–Crippen MR) is 43.8 cm³/mol. The Morgan fingerprint density at radius 1 is 1.31 bits per heavy atom. The van der Waals surface area contributed by atoms with Crippen LogP contribution in [0.3, 0.4) is 0 Å². The number of ether oxygens (including phenoxy) is 2. The van der Waals surface area contributed by atoms with Crippen LogP contribution in [0.25, 0.3) is 0 Å². The van der Waals surface area contributed by atoms with Crippen LogP contribution in [0.2, 0.25) is 0 Å². The van der Waals surface area contributed by atoms with Gasteiger partial charge in [-0.15, -0.1) is 0 Å². The summed E-state index contributed by atoms with van der Waals surface area (Å²) in [5, 5.41) is 9.08. The first-order chi connectivity index (χ1) is 6.02. The van der Waals surface area contributed by atoms with E-state index in [9.17, 15) is 9.59 Å². The van der Waals surface area contributed by atoms with Crippen LogP contribution in [0.15, 0.2) is 11.6 Å². The normalized spacial score (nSPS) is 13.4. The minimum Gasteiger partial charge on any atom is -0.466 e. The van der Waals surface area contributed by atoms with Gasteiger partial charge in [0, 0.05) is 6.08 Å². The van der Waals surface area contributed by atoms with Crippen molar-refractivity contribution in [2.45, 2.75) is 13.0 Å². The minimum absolute atomic E-state index is 0.130. The van der Waals surface area contributed by atoms with Gasteiger partial charge in [-0.05, 0) is 6.92 Å². The van der Waals surface area contributed by atoms with E-state index < -0.39 is 18.0 Å². The number of methoxy groups -OCH3 is 2. The maximum absolute atomic E-state index is 10.9. The smallest absolute Gasteiger partial charge is 0.336 e. The summed E-state index contributed by atoms with van der Waals surface area (Å²) in [7, 11) is 2.34. The Morgan fingerprint density at radius 2 is 1.85 bits per heavy atom. The molecule has 0 radical (unpaired) electrons. The van der Waals surface area contributed by atoms with Crippen LogP contribution in [0.1, 0.15) is 6.92 Å². The Labute approximate surface area is 75.9 Å². The monoisotopic (exact) mass is 188 g/mol. The lowest BCUT2D eigenvalue weighted by Crippen LogP contribution is -2.18. The third-order valence-electron chi connectivity index (χ3n) is 1.35. The molecule has 0 aliphatic carbocycles. The molecule has 0 fully saturated rings. The lowest BCUT2D eigenvalue weighted by atomic mass is 10.1.